The molecule has 0 rings (SSSR count). The molecule has 0 saturated carbocycles. The number of likely N-dealkylation sites (N-methyl/N-ethyl adjacent to an activating group) is 1. The Morgan fingerprint density at radius 2 is 2.00 bits per heavy atom. The van der Waals surface area contributed by atoms with Gasteiger partial charge in [-0.25, -0.2) is 4.79 Å². The summed E-state index contributed by atoms with van der Waals surface area (Å²) in [4.78, 5) is 21.1. The van der Waals surface area contributed by atoms with Crippen LogP contribution in [-0.2, 0) is 9.53 Å². The molecule has 0 aliphatic heterocycles. The zero-order chi connectivity index (χ0) is 8.69. The first-order valence-corrected chi connectivity index (χ1v) is 3.29. The van der Waals surface area contributed by atoms with Crippen molar-refractivity contribution in [1.29, 1.82) is 0 Å². The second-order valence-electron chi connectivity index (χ2n) is 1.80. The Bertz CT molecular complexity index is 147. The van der Waals surface area contributed by atoms with Gasteiger partial charge in [-0.3, -0.25) is 4.79 Å². The first-order valence-electron chi connectivity index (χ1n) is 3.29. The van der Waals surface area contributed by atoms with Crippen LogP contribution in [-0.4, -0.2) is 32.2 Å². The van der Waals surface area contributed by atoms with Crippen LogP contribution in [0, 0.1) is 0 Å². The van der Waals surface area contributed by atoms with Gasteiger partial charge in [0, 0.05) is 6.54 Å². The second-order valence-corrected chi connectivity index (χ2v) is 1.80. The Morgan fingerprint density at radius 1 is 1.36 bits per heavy atom. The van der Waals surface area contributed by atoms with Crippen LogP contribution in [0.15, 0.2) is 0 Å². The van der Waals surface area contributed by atoms with Crippen LogP contribution in [0.2, 0.25) is 0 Å². The number of carbonyl (C=O) groups excluding carboxylic acids is 2. The standard InChI is InChI=1S/C6H12N2O3/c1-3-7-5(9)4-8-6(10)11-2/h3-4H2,1-2H3,(H,7,9)(H,8,10). The summed E-state index contributed by atoms with van der Waals surface area (Å²) in [6.45, 7) is 2.32. The summed E-state index contributed by atoms with van der Waals surface area (Å²) in [5, 5.41) is 4.76. The number of methoxy groups -OCH3 is 1. The van der Waals surface area contributed by atoms with E-state index >= 15 is 0 Å². The monoisotopic (exact) mass is 160 g/mol. The molecule has 2 N–H and O–H groups in total. The third-order valence-corrected chi connectivity index (χ3v) is 0.953. The lowest BCUT2D eigenvalue weighted by Crippen LogP contribution is -2.36. The fraction of sp³-hybridized carbons (Fsp3) is 0.667. The molecular formula is C6H12N2O3. The molecule has 0 atom stereocenters. The number of hydrogen-bond donors (Lipinski definition) is 2. The molecule has 5 nitrogen and oxygen atoms in total. The molecule has 0 heterocycles. The topological polar surface area (TPSA) is 67.4 Å². The Kier molecular flexibility index (Phi) is 4.89. The van der Waals surface area contributed by atoms with Gasteiger partial charge in [-0.2, -0.15) is 0 Å². The van der Waals surface area contributed by atoms with E-state index in [1.54, 1.807) is 6.92 Å². The third-order valence-electron chi connectivity index (χ3n) is 0.953. The maximum absolute atomic E-state index is 10.7. The molecule has 0 spiro atoms. The maximum atomic E-state index is 10.7. The number of hydrogen-bond acceptors (Lipinski definition) is 3. The smallest absolute Gasteiger partial charge is 0.407 e. The summed E-state index contributed by atoms with van der Waals surface area (Å²) in [5.41, 5.74) is 0. The molecular weight excluding hydrogens is 148 g/mol. The van der Waals surface area contributed by atoms with Crippen molar-refractivity contribution >= 4 is 12.0 Å². The Balaban J connectivity index is 3.38. The van der Waals surface area contributed by atoms with E-state index in [2.05, 4.69) is 15.4 Å². The van der Waals surface area contributed by atoms with Crippen LogP contribution < -0.4 is 10.6 Å². The average molecular weight is 160 g/mol. The summed E-state index contributed by atoms with van der Waals surface area (Å²) in [7, 11) is 1.24. The van der Waals surface area contributed by atoms with Crippen molar-refractivity contribution in [1.82, 2.24) is 10.6 Å². The second kappa shape index (κ2) is 5.52. The molecule has 0 aromatic heterocycles. The number of nitrogens with one attached hydrogen (secondary N) is 2. The van der Waals surface area contributed by atoms with Crippen LogP contribution in [0.4, 0.5) is 4.79 Å². The highest BCUT2D eigenvalue weighted by atomic mass is 16.5. The number of alkyl carbamates (subject to hydrolysis) is 1. The van der Waals surface area contributed by atoms with Gasteiger partial charge in [-0.15, -0.1) is 0 Å². The molecule has 0 aromatic carbocycles. The highest BCUT2D eigenvalue weighted by Gasteiger charge is 2.01. The molecule has 0 unspecified atom stereocenters. The van der Waals surface area contributed by atoms with Gasteiger partial charge in [0.05, 0.1) is 13.7 Å². The number of carbonyl (C=O) groups is 2. The van der Waals surface area contributed by atoms with Gasteiger partial charge in [0.2, 0.25) is 5.91 Å². The summed E-state index contributed by atoms with van der Waals surface area (Å²) in [6, 6.07) is 0. The quantitative estimate of drug-likeness (QED) is 0.583. The lowest BCUT2D eigenvalue weighted by atomic mass is 10.5. The minimum atomic E-state index is -0.601. The molecule has 0 aromatic rings. The minimum absolute atomic E-state index is 0.0412. The van der Waals surface area contributed by atoms with E-state index in [1.807, 2.05) is 0 Å². The minimum Gasteiger partial charge on any atom is -0.453 e. The van der Waals surface area contributed by atoms with E-state index < -0.39 is 6.09 Å². The predicted molar refractivity (Wildman–Crippen MR) is 39.1 cm³/mol. The SMILES string of the molecule is CCNC(=O)CNC(=O)OC. The fourth-order valence-electron chi connectivity index (χ4n) is 0.484. The molecule has 0 fully saturated rings. The third kappa shape index (κ3) is 5.20. The first kappa shape index (κ1) is 9.74. The molecule has 0 radical (unpaired) electrons. The van der Waals surface area contributed by atoms with Crippen molar-refractivity contribution in [3.05, 3.63) is 0 Å². The van der Waals surface area contributed by atoms with Gasteiger partial charge < -0.3 is 15.4 Å². The lowest BCUT2D eigenvalue weighted by molar-refractivity contribution is -0.120. The Labute approximate surface area is 65.1 Å². The lowest BCUT2D eigenvalue weighted by Gasteiger charge is -2.02. The Hall–Kier alpha value is -1.26. The molecule has 0 bridgehead atoms. The van der Waals surface area contributed by atoms with Gasteiger partial charge in [-0.05, 0) is 6.92 Å². The van der Waals surface area contributed by atoms with Crippen molar-refractivity contribution in [3.63, 3.8) is 0 Å². The van der Waals surface area contributed by atoms with E-state index in [1.165, 1.54) is 7.11 Å². The number of amides is 2. The van der Waals surface area contributed by atoms with E-state index in [4.69, 9.17) is 0 Å². The summed E-state index contributed by atoms with van der Waals surface area (Å²) < 4.78 is 4.25. The van der Waals surface area contributed by atoms with E-state index in [0.717, 1.165) is 0 Å². The van der Waals surface area contributed by atoms with Crippen molar-refractivity contribution in [3.8, 4) is 0 Å². The zero-order valence-electron chi connectivity index (χ0n) is 6.64. The molecule has 64 valence electrons. The van der Waals surface area contributed by atoms with E-state index in [0.29, 0.717) is 6.54 Å². The van der Waals surface area contributed by atoms with Crippen LogP contribution >= 0.6 is 0 Å². The summed E-state index contributed by atoms with van der Waals surface area (Å²) in [6.07, 6.45) is -0.601. The van der Waals surface area contributed by atoms with E-state index in [9.17, 15) is 9.59 Å². The van der Waals surface area contributed by atoms with Gasteiger partial charge in [0.15, 0.2) is 0 Å². The molecule has 5 heteroatoms. The molecule has 0 aliphatic rings. The highest BCUT2D eigenvalue weighted by molar-refractivity contribution is 5.81. The zero-order valence-corrected chi connectivity index (χ0v) is 6.64. The van der Waals surface area contributed by atoms with Gasteiger partial charge >= 0.3 is 6.09 Å². The highest BCUT2D eigenvalue weighted by Crippen LogP contribution is 1.70. The van der Waals surface area contributed by atoms with Gasteiger partial charge in [0.25, 0.3) is 0 Å². The Morgan fingerprint density at radius 3 is 2.45 bits per heavy atom. The molecule has 11 heavy (non-hydrogen) atoms. The molecule has 0 aliphatic carbocycles. The number of ether oxygens (including phenoxy) is 1. The van der Waals surface area contributed by atoms with Crippen molar-refractivity contribution in [2.45, 2.75) is 6.92 Å². The van der Waals surface area contributed by atoms with Gasteiger partial charge in [0.1, 0.15) is 0 Å². The first-order chi connectivity index (χ1) is 5.20. The average Bonchev–Trinajstić information content (AvgIpc) is 2.01. The molecule has 0 saturated heterocycles. The van der Waals surface area contributed by atoms with Crippen LogP contribution in [0.3, 0.4) is 0 Å². The molecule has 2 amide bonds. The predicted octanol–water partition coefficient (Wildman–Crippen LogP) is -0.521. The maximum Gasteiger partial charge on any atom is 0.407 e. The normalized spacial score (nSPS) is 8.55. The van der Waals surface area contributed by atoms with Crippen molar-refractivity contribution in [2.24, 2.45) is 0 Å². The fourth-order valence-corrected chi connectivity index (χ4v) is 0.484. The van der Waals surface area contributed by atoms with E-state index in [-0.39, 0.29) is 12.5 Å². The largest absolute Gasteiger partial charge is 0.453 e. The number of rotatable bonds is 3. The van der Waals surface area contributed by atoms with Crippen molar-refractivity contribution in [2.75, 3.05) is 20.2 Å². The van der Waals surface area contributed by atoms with Crippen LogP contribution in [0.5, 0.6) is 0 Å². The van der Waals surface area contributed by atoms with Crippen LogP contribution in [0.25, 0.3) is 0 Å². The summed E-state index contributed by atoms with van der Waals surface area (Å²) >= 11 is 0. The van der Waals surface area contributed by atoms with Gasteiger partial charge in [-0.1, -0.05) is 0 Å². The van der Waals surface area contributed by atoms with Crippen LogP contribution in [0.1, 0.15) is 6.92 Å². The van der Waals surface area contributed by atoms with Crippen molar-refractivity contribution < 1.29 is 14.3 Å². The summed E-state index contributed by atoms with van der Waals surface area (Å²) in [5.74, 6) is -0.224.